The van der Waals surface area contributed by atoms with Crippen molar-refractivity contribution in [3.05, 3.63) is 59.7 Å². The second kappa shape index (κ2) is 7.30. The molecule has 4 nitrogen and oxygen atoms in total. The minimum absolute atomic E-state index is 0.0289. The Labute approximate surface area is 142 Å². The Morgan fingerprint density at radius 2 is 1.75 bits per heavy atom. The summed E-state index contributed by atoms with van der Waals surface area (Å²) in [6.45, 7) is 7.39. The maximum atomic E-state index is 11.8. The van der Waals surface area contributed by atoms with Crippen LogP contribution >= 0.6 is 0 Å². The second-order valence-corrected chi connectivity index (χ2v) is 6.65. The zero-order valence-corrected chi connectivity index (χ0v) is 14.6. The van der Waals surface area contributed by atoms with Gasteiger partial charge in [0.15, 0.2) is 5.78 Å². The third-order valence-electron chi connectivity index (χ3n) is 3.42. The number of carbonyl (C=O) groups excluding carboxylic acids is 2. The predicted octanol–water partition coefficient (Wildman–Crippen LogP) is 4.58. The van der Waals surface area contributed by atoms with Crippen LogP contribution in [0.5, 0.6) is 0 Å². The third kappa shape index (κ3) is 4.95. The first-order chi connectivity index (χ1) is 11.3. The Hall–Kier alpha value is -2.62. The number of nitrogens with one attached hydrogen (secondary N) is 1. The van der Waals surface area contributed by atoms with E-state index in [1.807, 2.05) is 63.2 Å². The van der Waals surface area contributed by atoms with E-state index in [9.17, 15) is 9.59 Å². The highest BCUT2D eigenvalue weighted by Crippen LogP contribution is 2.25. The van der Waals surface area contributed by atoms with Gasteiger partial charge in [0.1, 0.15) is 5.60 Å². The van der Waals surface area contributed by atoms with Crippen molar-refractivity contribution in [3.63, 3.8) is 0 Å². The minimum Gasteiger partial charge on any atom is -0.444 e. The number of benzene rings is 2. The molecule has 0 radical (unpaired) electrons. The summed E-state index contributed by atoms with van der Waals surface area (Å²) in [6.07, 6.45) is -0.449. The molecule has 0 aliphatic carbocycles. The fraction of sp³-hybridized carbons (Fsp3) is 0.300. The molecule has 0 unspecified atom stereocenters. The maximum Gasteiger partial charge on any atom is 0.407 e. The van der Waals surface area contributed by atoms with E-state index < -0.39 is 11.7 Å². The van der Waals surface area contributed by atoms with Crippen molar-refractivity contribution in [1.29, 1.82) is 0 Å². The van der Waals surface area contributed by atoms with E-state index >= 15 is 0 Å². The zero-order valence-electron chi connectivity index (χ0n) is 14.6. The van der Waals surface area contributed by atoms with Gasteiger partial charge in [0.25, 0.3) is 0 Å². The normalized spacial score (nSPS) is 11.0. The Morgan fingerprint density at radius 1 is 1.04 bits per heavy atom. The van der Waals surface area contributed by atoms with Crippen molar-refractivity contribution in [2.45, 2.75) is 39.8 Å². The monoisotopic (exact) mass is 325 g/mol. The average molecular weight is 325 g/mol. The summed E-state index contributed by atoms with van der Waals surface area (Å²) < 4.78 is 5.26. The Morgan fingerprint density at radius 3 is 2.42 bits per heavy atom. The molecule has 0 aliphatic heterocycles. The molecule has 0 aliphatic rings. The van der Waals surface area contributed by atoms with Gasteiger partial charge in [-0.15, -0.1) is 0 Å². The molecule has 0 aromatic heterocycles. The van der Waals surface area contributed by atoms with E-state index in [1.54, 1.807) is 13.0 Å². The fourth-order valence-corrected chi connectivity index (χ4v) is 2.34. The number of carbonyl (C=O) groups is 2. The molecule has 0 saturated heterocycles. The lowest BCUT2D eigenvalue weighted by atomic mass is 9.97. The van der Waals surface area contributed by atoms with E-state index in [-0.39, 0.29) is 5.78 Å². The molecule has 0 fully saturated rings. The lowest BCUT2D eigenvalue weighted by Gasteiger charge is -2.20. The number of ketones is 1. The van der Waals surface area contributed by atoms with Gasteiger partial charge in [-0.25, -0.2) is 4.79 Å². The minimum atomic E-state index is -0.528. The van der Waals surface area contributed by atoms with Crippen LogP contribution in [0.4, 0.5) is 4.79 Å². The van der Waals surface area contributed by atoms with Crippen LogP contribution in [-0.4, -0.2) is 17.5 Å². The van der Waals surface area contributed by atoms with Crippen molar-refractivity contribution in [2.24, 2.45) is 0 Å². The van der Waals surface area contributed by atoms with Gasteiger partial charge in [0.05, 0.1) is 0 Å². The summed E-state index contributed by atoms with van der Waals surface area (Å²) in [5.41, 5.74) is 3.03. The molecule has 2 aromatic carbocycles. The highest BCUT2D eigenvalue weighted by molar-refractivity contribution is 5.95. The molecule has 24 heavy (non-hydrogen) atoms. The van der Waals surface area contributed by atoms with Gasteiger partial charge in [0.2, 0.25) is 0 Å². The maximum absolute atomic E-state index is 11.8. The van der Waals surface area contributed by atoms with E-state index in [0.717, 1.165) is 16.7 Å². The number of Topliss-reactive ketones (excluding diaryl/α,β-unsaturated/α-hetero) is 1. The summed E-state index contributed by atoms with van der Waals surface area (Å²) in [5.74, 6) is 0.0289. The lowest BCUT2D eigenvalue weighted by Crippen LogP contribution is -2.32. The molecular weight excluding hydrogens is 302 g/mol. The molecule has 1 N–H and O–H groups in total. The average Bonchev–Trinajstić information content (AvgIpc) is 2.51. The number of ether oxygens (including phenoxy) is 1. The molecule has 0 spiro atoms. The first kappa shape index (κ1) is 17.7. The summed E-state index contributed by atoms with van der Waals surface area (Å²) in [6, 6.07) is 15.3. The SMILES string of the molecule is CC(=O)c1cccc(-c2ccccc2CNC(=O)OC(C)(C)C)c1. The van der Waals surface area contributed by atoms with Gasteiger partial charge < -0.3 is 10.1 Å². The van der Waals surface area contributed by atoms with Crippen LogP contribution in [0, 0.1) is 0 Å². The lowest BCUT2D eigenvalue weighted by molar-refractivity contribution is 0.0523. The summed E-state index contributed by atoms with van der Waals surface area (Å²) in [4.78, 5) is 23.4. The smallest absolute Gasteiger partial charge is 0.407 e. The Balaban J connectivity index is 2.20. The third-order valence-corrected chi connectivity index (χ3v) is 3.42. The molecule has 2 rings (SSSR count). The fourth-order valence-electron chi connectivity index (χ4n) is 2.34. The van der Waals surface area contributed by atoms with Gasteiger partial charge in [0, 0.05) is 12.1 Å². The highest BCUT2D eigenvalue weighted by Gasteiger charge is 2.16. The largest absolute Gasteiger partial charge is 0.444 e. The Bertz CT molecular complexity index is 745. The van der Waals surface area contributed by atoms with Crippen LogP contribution in [0.3, 0.4) is 0 Å². The van der Waals surface area contributed by atoms with Crippen LogP contribution in [0.2, 0.25) is 0 Å². The van der Waals surface area contributed by atoms with Gasteiger partial charge in [-0.3, -0.25) is 4.79 Å². The quantitative estimate of drug-likeness (QED) is 0.837. The van der Waals surface area contributed by atoms with Gasteiger partial charge in [-0.1, -0.05) is 42.5 Å². The zero-order chi connectivity index (χ0) is 17.7. The van der Waals surface area contributed by atoms with Crippen molar-refractivity contribution >= 4 is 11.9 Å². The van der Waals surface area contributed by atoms with Crippen molar-refractivity contribution in [3.8, 4) is 11.1 Å². The molecule has 4 heteroatoms. The highest BCUT2D eigenvalue weighted by atomic mass is 16.6. The first-order valence-electron chi connectivity index (χ1n) is 7.92. The van der Waals surface area contributed by atoms with Crippen molar-refractivity contribution < 1.29 is 14.3 Å². The number of amides is 1. The van der Waals surface area contributed by atoms with Crippen LogP contribution in [0.1, 0.15) is 43.6 Å². The number of hydrogen-bond acceptors (Lipinski definition) is 3. The Kier molecular flexibility index (Phi) is 5.39. The van der Waals surface area contributed by atoms with E-state index in [0.29, 0.717) is 12.1 Å². The van der Waals surface area contributed by atoms with Crippen LogP contribution in [-0.2, 0) is 11.3 Å². The molecular formula is C20H23NO3. The second-order valence-electron chi connectivity index (χ2n) is 6.65. The molecule has 0 atom stereocenters. The molecule has 2 aromatic rings. The number of alkyl carbamates (subject to hydrolysis) is 1. The van der Waals surface area contributed by atoms with Gasteiger partial charge in [-0.05, 0) is 50.5 Å². The van der Waals surface area contributed by atoms with Crippen molar-refractivity contribution in [1.82, 2.24) is 5.32 Å². The number of hydrogen-bond donors (Lipinski definition) is 1. The molecule has 0 heterocycles. The molecule has 126 valence electrons. The van der Waals surface area contributed by atoms with Gasteiger partial charge >= 0.3 is 6.09 Å². The summed E-state index contributed by atoms with van der Waals surface area (Å²) in [5, 5.41) is 2.77. The summed E-state index contributed by atoms with van der Waals surface area (Å²) >= 11 is 0. The van der Waals surface area contributed by atoms with Crippen LogP contribution < -0.4 is 5.32 Å². The standard InChI is InChI=1S/C20H23NO3/c1-14(22)15-9-7-10-16(12-15)18-11-6-5-8-17(18)13-21-19(23)24-20(2,3)4/h5-12H,13H2,1-4H3,(H,21,23). The van der Waals surface area contributed by atoms with E-state index in [4.69, 9.17) is 4.74 Å². The first-order valence-corrected chi connectivity index (χ1v) is 7.92. The van der Waals surface area contributed by atoms with Crippen LogP contribution in [0.15, 0.2) is 48.5 Å². The number of rotatable bonds is 4. The topological polar surface area (TPSA) is 55.4 Å². The summed E-state index contributed by atoms with van der Waals surface area (Å²) in [7, 11) is 0. The predicted molar refractivity (Wildman–Crippen MR) is 95.0 cm³/mol. The molecule has 0 bridgehead atoms. The van der Waals surface area contributed by atoms with E-state index in [2.05, 4.69) is 5.32 Å². The molecule has 1 amide bonds. The van der Waals surface area contributed by atoms with Crippen LogP contribution in [0.25, 0.3) is 11.1 Å². The van der Waals surface area contributed by atoms with Gasteiger partial charge in [-0.2, -0.15) is 0 Å². The van der Waals surface area contributed by atoms with Crippen molar-refractivity contribution in [2.75, 3.05) is 0 Å². The molecule has 0 saturated carbocycles. The van der Waals surface area contributed by atoms with E-state index in [1.165, 1.54) is 0 Å².